The van der Waals surface area contributed by atoms with Gasteiger partial charge in [-0.05, 0) is 30.2 Å². The van der Waals surface area contributed by atoms with E-state index in [0.29, 0.717) is 5.75 Å². The zero-order chi connectivity index (χ0) is 29.5. The highest BCUT2D eigenvalue weighted by atomic mass is 32.1. The van der Waals surface area contributed by atoms with Crippen molar-refractivity contribution in [3.63, 3.8) is 0 Å². The fourth-order valence-corrected chi connectivity index (χ4v) is 4.91. The molecule has 1 aromatic heterocycles. The van der Waals surface area contributed by atoms with Gasteiger partial charge in [0.15, 0.2) is 12.3 Å². The number of halogens is 1. The molecule has 0 radical (unpaired) electrons. The van der Waals surface area contributed by atoms with Crippen LogP contribution in [0.4, 0.5) is 4.39 Å². The molecule has 4 aromatic rings. The number of aromatic amines is 1. The summed E-state index contributed by atoms with van der Waals surface area (Å²) < 4.78 is 46.0. The second-order valence-electron chi connectivity index (χ2n) is 9.91. The van der Waals surface area contributed by atoms with Crippen molar-refractivity contribution in [2.75, 3.05) is 6.61 Å². The summed E-state index contributed by atoms with van der Waals surface area (Å²) in [7, 11) is 0. The van der Waals surface area contributed by atoms with Crippen LogP contribution in [-0.2, 0) is 32.2 Å². The smallest absolute Gasteiger partial charge is 0.358 e. The number of hydrogen-bond acceptors (Lipinski definition) is 8. The molecule has 0 aliphatic carbocycles. The normalized spacial score (nSPS) is 21.6. The number of rotatable bonds is 10. The molecule has 0 bridgehead atoms. The highest BCUT2D eigenvalue weighted by Crippen LogP contribution is 2.41. The lowest BCUT2D eigenvalue weighted by molar-refractivity contribution is -0.147. The number of nitrogens with one attached hydrogen (secondary N) is 1. The summed E-state index contributed by atoms with van der Waals surface area (Å²) in [5, 5.41) is -0.263. The number of aromatic nitrogens is 2. The average molecular weight is 593 g/mol. The Hall–Kier alpha value is -4.16. The molecule has 1 aliphatic rings. The Bertz CT molecular complexity index is 1600. The zero-order valence-electron chi connectivity index (χ0n) is 22.7. The molecule has 1 saturated heterocycles. The molecule has 1 fully saturated rings. The molecule has 1 aliphatic heterocycles. The van der Waals surface area contributed by atoms with Gasteiger partial charge in [0.25, 0.3) is 5.56 Å². The first-order valence-electron chi connectivity index (χ1n) is 13.2. The Kier molecular flexibility index (Phi) is 9.23. The first kappa shape index (κ1) is 29.3. The van der Waals surface area contributed by atoms with Gasteiger partial charge in [-0.15, -0.1) is 0 Å². The van der Waals surface area contributed by atoms with Crippen molar-refractivity contribution in [1.29, 1.82) is 0 Å². The lowest BCUT2D eigenvalue weighted by Crippen LogP contribution is -2.47. The van der Waals surface area contributed by atoms with E-state index < -0.39 is 41.1 Å². The fourth-order valence-electron chi connectivity index (χ4n) is 4.71. The van der Waals surface area contributed by atoms with Crippen LogP contribution < -0.4 is 16.0 Å². The van der Waals surface area contributed by atoms with Crippen LogP contribution in [0.25, 0.3) is 0 Å². The van der Waals surface area contributed by atoms with Gasteiger partial charge in [-0.2, -0.15) is 4.39 Å². The lowest BCUT2D eigenvalue weighted by atomic mass is 9.97. The maximum atomic E-state index is 14.4. The molecule has 0 unspecified atom stereocenters. The third-order valence-electron chi connectivity index (χ3n) is 6.72. The summed E-state index contributed by atoms with van der Waals surface area (Å²) in [5.41, 5.74) is -1.44. The van der Waals surface area contributed by atoms with E-state index in [1.807, 2.05) is 71.7 Å². The van der Waals surface area contributed by atoms with Crippen LogP contribution in [-0.4, -0.2) is 39.2 Å². The van der Waals surface area contributed by atoms with Crippen LogP contribution >= 0.6 is 12.2 Å². The molecule has 4 atom stereocenters. The van der Waals surface area contributed by atoms with Crippen molar-refractivity contribution in [1.82, 2.24) is 9.55 Å². The van der Waals surface area contributed by atoms with E-state index in [0.717, 1.165) is 21.9 Å². The zero-order valence-corrected chi connectivity index (χ0v) is 23.5. The van der Waals surface area contributed by atoms with E-state index in [2.05, 4.69) is 0 Å². The van der Waals surface area contributed by atoms with E-state index in [4.69, 9.17) is 35.9 Å². The van der Waals surface area contributed by atoms with E-state index in [9.17, 15) is 14.0 Å². The Morgan fingerprint density at radius 3 is 2.19 bits per heavy atom. The van der Waals surface area contributed by atoms with Gasteiger partial charge >= 0.3 is 10.9 Å². The Balaban J connectivity index is 1.48. The number of H-pyrrole nitrogens is 1. The molecule has 3 aromatic carbocycles. The SMILES string of the molecule is C[C@]1(COCc2ccccc2)O[C@@H](n2cc(F)c(=O)[nH]c2=O)[C@H](OC(=S)Oc2ccccc2)[C@@H]1OCc1ccccc1. The van der Waals surface area contributed by atoms with Gasteiger partial charge in [-0.1, -0.05) is 78.9 Å². The molecule has 0 amide bonds. The van der Waals surface area contributed by atoms with Crippen molar-refractivity contribution >= 4 is 17.5 Å². The lowest BCUT2D eigenvalue weighted by Gasteiger charge is -2.31. The number of thiocarbonyl (C=S) groups is 1. The van der Waals surface area contributed by atoms with E-state index in [-0.39, 0.29) is 25.1 Å². The van der Waals surface area contributed by atoms with Crippen LogP contribution in [0.1, 0.15) is 24.3 Å². The average Bonchev–Trinajstić information content (AvgIpc) is 3.25. The molecule has 42 heavy (non-hydrogen) atoms. The van der Waals surface area contributed by atoms with Gasteiger partial charge in [-0.25, -0.2) is 4.79 Å². The van der Waals surface area contributed by atoms with Crippen LogP contribution in [0, 0.1) is 5.82 Å². The summed E-state index contributed by atoms with van der Waals surface area (Å²) >= 11 is 5.41. The van der Waals surface area contributed by atoms with Crippen LogP contribution in [0.15, 0.2) is 107 Å². The Labute approximate surface area is 246 Å². The second-order valence-corrected chi connectivity index (χ2v) is 10.2. The minimum atomic E-state index is -1.27. The van der Waals surface area contributed by atoms with E-state index >= 15 is 0 Å². The highest BCUT2D eigenvalue weighted by Gasteiger charge is 2.56. The van der Waals surface area contributed by atoms with Gasteiger partial charge in [-0.3, -0.25) is 14.3 Å². The van der Waals surface area contributed by atoms with Crippen LogP contribution in [0.2, 0.25) is 0 Å². The number of hydrogen-bond donors (Lipinski definition) is 1. The van der Waals surface area contributed by atoms with Crippen molar-refractivity contribution < 1.29 is 28.1 Å². The number of benzene rings is 3. The minimum absolute atomic E-state index is 0.0185. The Morgan fingerprint density at radius 1 is 0.952 bits per heavy atom. The van der Waals surface area contributed by atoms with E-state index in [1.165, 1.54) is 0 Å². The second kappa shape index (κ2) is 13.2. The molecular weight excluding hydrogens is 563 g/mol. The van der Waals surface area contributed by atoms with Crippen molar-refractivity contribution in [2.24, 2.45) is 0 Å². The Morgan fingerprint density at radius 2 is 1.55 bits per heavy atom. The quantitative estimate of drug-likeness (QED) is 0.269. The fraction of sp³-hybridized carbons (Fsp3) is 0.258. The molecule has 218 valence electrons. The predicted molar refractivity (Wildman–Crippen MR) is 155 cm³/mol. The third-order valence-corrected chi connectivity index (χ3v) is 6.90. The van der Waals surface area contributed by atoms with Gasteiger partial charge in [0, 0.05) is 12.2 Å². The van der Waals surface area contributed by atoms with Crippen molar-refractivity contribution in [3.8, 4) is 5.75 Å². The summed E-state index contributed by atoms with van der Waals surface area (Å²) in [6.07, 6.45) is -2.50. The van der Waals surface area contributed by atoms with Crippen molar-refractivity contribution in [3.05, 3.63) is 135 Å². The topological polar surface area (TPSA) is 101 Å². The molecule has 0 saturated carbocycles. The van der Waals surface area contributed by atoms with Crippen LogP contribution in [0.5, 0.6) is 5.75 Å². The first-order chi connectivity index (χ1) is 20.3. The highest BCUT2D eigenvalue weighted by molar-refractivity contribution is 7.79. The molecule has 0 spiro atoms. The maximum absolute atomic E-state index is 14.4. The first-order valence-corrected chi connectivity index (χ1v) is 13.6. The van der Waals surface area contributed by atoms with Gasteiger partial charge in [0.05, 0.1) is 26.0 Å². The summed E-state index contributed by atoms with van der Waals surface area (Å²) in [5.74, 6) is -0.739. The monoisotopic (exact) mass is 592 g/mol. The van der Waals surface area contributed by atoms with Crippen molar-refractivity contribution in [2.45, 2.75) is 44.2 Å². The summed E-state index contributed by atoms with van der Waals surface area (Å²) in [6, 6.07) is 27.8. The van der Waals surface area contributed by atoms with E-state index in [1.54, 1.807) is 31.2 Å². The standard InChI is InChI=1S/C31H29FN2O7S/c1-31(20-37-18-21-11-5-2-6-12-21)26(38-19-22-13-7-3-8-14-22)25(40-30(42)39-23-15-9-4-10-16-23)28(41-31)34-17-24(32)27(35)33-29(34)36/h2-17,25-26,28H,18-20H2,1H3,(H,33,35,36)/t25-,26+,28-,31-/m1/s1. The van der Waals surface area contributed by atoms with Gasteiger partial charge < -0.3 is 23.7 Å². The summed E-state index contributed by atoms with van der Waals surface area (Å²) in [6.45, 7) is 2.21. The third kappa shape index (κ3) is 7.00. The molecule has 9 nitrogen and oxygen atoms in total. The van der Waals surface area contributed by atoms with Crippen LogP contribution in [0.3, 0.4) is 0 Å². The maximum Gasteiger partial charge on any atom is 0.358 e. The molecule has 2 heterocycles. The summed E-state index contributed by atoms with van der Waals surface area (Å²) in [4.78, 5) is 26.6. The number of para-hydroxylation sites is 1. The molecule has 1 N–H and O–H groups in total. The largest absolute Gasteiger partial charge is 0.446 e. The van der Waals surface area contributed by atoms with Gasteiger partial charge in [0.1, 0.15) is 17.5 Å². The van der Waals surface area contributed by atoms with Gasteiger partial charge in [0.2, 0.25) is 5.82 Å². The molecule has 11 heteroatoms. The minimum Gasteiger partial charge on any atom is -0.446 e. The molecule has 5 rings (SSSR count). The number of nitrogens with zero attached hydrogens (tertiary/aromatic N) is 1. The predicted octanol–water partition coefficient (Wildman–Crippen LogP) is 4.51. The molecular formula is C31H29FN2O7S. The number of ether oxygens (including phenoxy) is 5.